The highest BCUT2D eigenvalue weighted by Crippen LogP contribution is 2.22. The van der Waals surface area contributed by atoms with E-state index in [0.717, 1.165) is 15.6 Å². The van der Waals surface area contributed by atoms with E-state index in [1.807, 2.05) is 36.4 Å². The van der Waals surface area contributed by atoms with Crippen LogP contribution in [0.25, 0.3) is 22.8 Å². The summed E-state index contributed by atoms with van der Waals surface area (Å²) in [4.78, 5) is 8.31. The highest BCUT2D eigenvalue weighted by molar-refractivity contribution is 9.10. The van der Waals surface area contributed by atoms with Gasteiger partial charge in [0.1, 0.15) is 0 Å². The minimum Gasteiger partial charge on any atom is -0.334 e. The Morgan fingerprint density at radius 2 is 1.61 bits per heavy atom. The van der Waals surface area contributed by atoms with Crippen LogP contribution in [0.2, 0.25) is 0 Å². The highest BCUT2D eigenvalue weighted by atomic mass is 79.9. The Hall–Kier alpha value is -2.01. The van der Waals surface area contributed by atoms with Gasteiger partial charge in [-0.05, 0) is 36.4 Å². The number of nitrogens with zero attached hydrogens (tertiary/aromatic N) is 3. The summed E-state index contributed by atoms with van der Waals surface area (Å²) < 4.78 is 6.25. The van der Waals surface area contributed by atoms with Crippen molar-refractivity contribution in [3.05, 3.63) is 53.3 Å². The van der Waals surface area contributed by atoms with Gasteiger partial charge in [0.05, 0.1) is 0 Å². The third kappa shape index (κ3) is 2.17. The molecule has 1 aromatic carbocycles. The number of hydrogen-bond donors (Lipinski definition) is 0. The zero-order valence-electron chi connectivity index (χ0n) is 9.25. The highest BCUT2D eigenvalue weighted by Gasteiger charge is 2.09. The van der Waals surface area contributed by atoms with Crippen LogP contribution in [0.4, 0.5) is 0 Å². The molecule has 2 aromatic heterocycles. The summed E-state index contributed by atoms with van der Waals surface area (Å²) in [5.74, 6) is 1.07. The predicted molar refractivity (Wildman–Crippen MR) is 70.7 cm³/mol. The minimum absolute atomic E-state index is 0.496. The summed E-state index contributed by atoms with van der Waals surface area (Å²) in [5.41, 5.74) is 1.78. The number of benzene rings is 1. The molecule has 0 saturated heterocycles. The van der Waals surface area contributed by atoms with Crippen LogP contribution in [-0.4, -0.2) is 15.1 Å². The molecule has 0 bridgehead atoms. The smallest absolute Gasteiger partial charge is 0.258 e. The van der Waals surface area contributed by atoms with Crippen LogP contribution in [0.5, 0.6) is 0 Å². The van der Waals surface area contributed by atoms with Crippen molar-refractivity contribution in [2.24, 2.45) is 0 Å². The number of aromatic nitrogens is 3. The van der Waals surface area contributed by atoms with Crippen molar-refractivity contribution in [2.45, 2.75) is 0 Å². The third-order valence-electron chi connectivity index (χ3n) is 2.46. The summed E-state index contributed by atoms with van der Waals surface area (Å²) in [6.45, 7) is 0. The molecule has 0 amide bonds. The van der Waals surface area contributed by atoms with Gasteiger partial charge in [-0.3, -0.25) is 4.98 Å². The Morgan fingerprint density at radius 3 is 2.33 bits per heavy atom. The van der Waals surface area contributed by atoms with Crippen LogP contribution in [-0.2, 0) is 0 Å². The maximum atomic E-state index is 5.23. The number of rotatable bonds is 2. The number of hydrogen-bond acceptors (Lipinski definition) is 4. The summed E-state index contributed by atoms with van der Waals surface area (Å²) in [7, 11) is 0. The SMILES string of the molecule is Brc1ccc(-c2noc(-c3ccncc3)n2)cc1. The average molecular weight is 302 g/mol. The lowest BCUT2D eigenvalue weighted by Gasteiger charge is -1.93. The molecule has 4 nitrogen and oxygen atoms in total. The summed E-state index contributed by atoms with van der Waals surface area (Å²) in [5, 5.41) is 3.97. The van der Waals surface area contributed by atoms with E-state index >= 15 is 0 Å². The maximum absolute atomic E-state index is 5.23. The van der Waals surface area contributed by atoms with Gasteiger partial charge in [0.25, 0.3) is 5.89 Å². The first-order valence-electron chi connectivity index (χ1n) is 5.33. The van der Waals surface area contributed by atoms with Crippen LogP contribution in [0.3, 0.4) is 0 Å². The Kier molecular flexibility index (Phi) is 2.90. The average Bonchev–Trinajstić information content (AvgIpc) is 2.90. The lowest BCUT2D eigenvalue weighted by Crippen LogP contribution is -1.81. The molecule has 3 aromatic rings. The van der Waals surface area contributed by atoms with Gasteiger partial charge in [-0.1, -0.05) is 21.1 Å². The van der Waals surface area contributed by atoms with Crippen molar-refractivity contribution in [3.8, 4) is 22.8 Å². The Labute approximate surface area is 112 Å². The quantitative estimate of drug-likeness (QED) is 0.726. The van der Waals surface area contributed by atoms with Gasteiger partial charge in [-0.2, -0.15) is 4.98 Å². The fraction of sp³-hybridized carbons (Fsp3) is 0. The molecule has 0 atom stereocenters. The minimum atomic E-state index is 0.496. The molecule has 88 valence electrons. The molecule has 0 radical (unpaired) electrons. The van der Waals surface area contributed by atoms with Gasteiger partial charge in [0.2, 0.25) is 5.82 Å². The standard InChI is InChI=1S/C13H8BrN3O/c14-11-3-1-9(2-4-11)12-16-13(18-17-12)10-5-7-15-8-6-10/h1-8H. The summed E-state index contributed by atoms with van der Waals surface area (Å²) >= 11 is 3.39. The lowest BCUT2D eigenvalue weighted by atomic mass is 10.2. The van der Waals surface area contributed by atoms with Crippen LogP contribution in [0.15, 0.2) is 57.8 Å². The first-order chi connectivity index (χ1) is 8.83. The fourth-order valence-electron chi connectivity index (χ4n) is 1.55. The molecule has 3 rings (SSSR count). The van der Waals surface area contributed by atoms with E-state index in [9.17, 15) is 0 Å². The molecule has 0 unspecified atom stereocenters. The molecule has 0 saturated carbocycles. The van der Waals surface area contributed by atoms with Gasteiger partial charge >= 0.3 is 0 Å². The van der Waals surface area contributed by atoms with Crippen molar-refractivity contribution in [3.63, 3.8) is 0 Å². The van der Waals surface area contributed by atoms with E-state index in [-0.39, 0.29) is 0 Å². The maximum Gasteiger partial charge on any atom is 0.258 e. The van der Waals surface area contributed by atoms with Gasteiger partial charge in [-0.25, -0.2) is 0 Å². The second kappa shape index (κ2) is 4.70. The molecule has 2 heterocycles. The van der Waals surface area contributed by atoms with Gasteiger partial charge in [-0.15, -0.1) is 0 Å². The molecule has 5 heteroatoms. The molecule has 0 fully saturated rings. The molecule has 0 aliphatic rings. The predicted octanol–water partition coefficient (Wildman–Crippen LogP) is 3.56. The van der Waals surface area contributed by atoms with E-state index < -0.39 is 0 Å². The molecular weight excluding hydrogens is 294 g/mol. The summed E-state index contributed by atoms with van der Waals surface area (Å²) in [6.07, 6.45) is 3.39. The normalized spacial score (nSPS) is 10.5. The van der Waals surface area contributed by atoms with E-state index in [4.69, 9.17) is 4.52 Å². The van der Waals surface area contributed by atoms with Crippen molar-refractivity contribution < 1.29 is 4.52 Å². The molecular formula is C13H8BrN3O. The van der Waals surface area contributed by atoms with E-state index in [1.165, 1.54) is 0 Å². The second-order valence-electron chi connectivity index (χ2n) is 3.67. The van der Waals surface area contributed by atoms with Crippen LogP contribution >= 0.6 is 15.9 Å². The van der Waals surface area contributed by atoms with Crippen LogP contribution < -0.4 is 0 Å². The largest absolute Gasteiger partial charge is 0.334 e. The van der Waals surface area contributed by atoms with Gasteiger partial charge < -0.3 is 4.52 Å². The van der Waals surface area contributed by atoms with E-state index in [0.29, 0.717) is 11.7 Å². The molecule has 0 aliphatic heterocycles. The summed E-state index contributed by atoms with van der Waals surface area (Å²) in [6, 6.07) is 11.4. The number of pyridine rings is 1. The molecule has 0 aliphatic carbocycles. The van der Waals surface area contributed by atoms with Crippen molar-refractivity contribution >= 4 is 15.9 Å². The zero-order chi connectivity index (χ0) is 12.4. The first-order valence-corrected chi connectivity index (χ1v) is 6.12. The van der Waals surface area contributed by atoms with Crippen LogP contribution in [0, 0.1) is 0 Å². The van der Waals surface area contributed by atoms with Crippen molar-refractivity contribution in [1.82, 2.24) is 15.1 Å². The monoisotopic (exact) mass is 301 g/mol. The molecule has 18 heavy (non-hydrogen) atoms. The third-order valence-corrected chi connectivity index (χ3v) is 2.98. The topological polar surface area (TPSA) is 51.8 Å². The van der Waals surface area contributed by atoms with Crippen molar-refractivity contribution in [2.75, 3.05) is 0 Å². The Morgan fingerprint density at radius 1 is 0.889 bits per heavy atom. The second-order valence-corrected chi connectivity index (χ2v) is 4.58. The Balaban J connectivity index is 1.97. The van der Waals surface area contributed by atoms with E-state index in [1.54, 1.807) is 12.4 Å². The van der Waals surface area contributed by atoms with Crippen molar-refractivity contribution in [1.29, 1.82) is 0 Å². The van der Waals surface area contributed by atoms with Gasteiger partial charge in [0, 0.05) is 28.0 Å². The zero-order valence-corrected chi connectivity index (χ0v) is 10.8. The molecule has 0 spiro atoms. The van der Waals surface area contributed by atoms with Gasteiger partial charge in [0.15, 0.2) is 0 Å². The Bertz CT molecular complexity index is 650. The fourth-order valence-corrected chi connectivity index (χ4v) is 1.82. The lowest BCUT2D eigenvalue weighted by molar-refractivity contribution is 0.432. The number of halogens is 1. The van der Waals surface area contributed by atoms with Crippen LogP contribution in [0.1, 0.15) is 0 Å². The molecule has 0 N–H and O–H groups in total. The van der Waals surface area contributed by atoms with E-state index in [2.05, 4.69) is 31.1 Å². The first kappa shape index (κ1) is 11.1.